The summed E-state index contributed by atoms with van der Waals surface area (Å²) >= 11 is 0. The van der Waals surface area contributed by atoms with Crippen molar-refractivity contribution in [1.82, 2.24) is 10.3 Å². The first-order valence-electron chi connectivity index (χ1n) is 7.59. The Bertz CT molecular complexity index is 696. The highest BCUT2D eigenvalue weighted by Gasteiger charge is 2.12. The molecule has 6 nitrogen and oxygen atoms in total. The van der Waals surface area contributed by atoms with Gasteiger partial charge in [-0.3, -0.25) is 4.79 Å². The fourth-order valence-corrected chi connectivity index (χ4v) is 2.03. The number of amides is 1. The first kappa shape index (κ1) is 17.6. The number of nitrogens with zero attached hydrogens (tertiary/aromatic N) is 2. The molecule has 0 spiro atoms. The van der Waals surface area contributed by atoms with Gasteiger partial charge in [0.25, 0.3) is 5.91 Å². The zero-order valence-electron chi connectivity index (χ0n) is 13.3. The van der Waals surface area contributed by atoms with Crippen molar-refractivity contribution in [1.29, 1.82) is 5.26 Å². The molecule has 1 heterocycles. The van der Waals surface area contributed by atoms with Gasteiger partial charge in [-0.25, -0.2) is 4.98 Å². The highest BCUT2D eigenvalue weighted by atomic mass is 16.5. The van der Waals surface area contributed by atoms with Crippen molar-refractivity contribution in [3.63, 3.8) is 0 Å². The van der Waals surface area contributed by atoms with E-state index >= 15 is 0 Å². The number of aromatic nitrogens is 1. The third-order valence-corrected chi connectivity index (χ3v) is 3.43. The van der Waals surface area contributed by atoms with E-state index in [0.29, 0.717) is 5.56 Å². The van der Waals surface area contributed by atoms with Crippen molar-refractivity contribution in [3.05, 3.63) is 65.5 Å². The Morgan fingerprint density at radius 2 is 2.08 bits per heavy atom. The third kappa shape index (κ3) is 5.16. The molecule has 0 bridgehead atoms. The first-order valence-corrected chi connectivity index (χ1v) is 7.59. The minimum Gasteiger partial charge on any atom is -0.389 e. The molecule has 0 saturated heterocycles. The summed E-state index contributed by atoms with van der Waals surface area (Å²) in [4.78, 5) is 15.8. The minimum atomic E-state index is -0.821. The van der Waals surface area contributed by atoms with Gasteiger partial charge in [0.1, 0.15) is 11.8 Å². The summed E-state index contributed by atoms with van der Waals surface area (Å²) in [7, 11) is 0. The number of hydrogen-bond acceptors (Lipinski definition) is 5. The molecule has 0 fully saturated rings. The van der Waals surface area contributed by atoms with Gasteiger partial charge in [0, 0.05) is 12.7 Å². The van der Waals surface area contributed by atoms with Gasteiger partial charge >= 0.3 is 0 Å². The largest absolute Gasteiger partial charge is 0.389 e. The fourth-order valence-electron chi connectivity index (χ4n) is 2.03. The van der Waals surface area contributed by atoms with Gasteiger partial charge in [0.2, 0.25) is 0 Å². The van der Waals surface area contributed by atoms with Crippen LogP contribution in [0.15, 0.2) is 48.7 Å². The molecule has 1 aromatic carbocycles. The second-order valence-corrected chi connectivity index (χ2v) is 5.29. The van der Waals surface area contributed by atoms with Crippen LogP contribution in [0.3, 0.4) is 0 Å². The Balaban J connectivity index is 1.75. The average molecular weight is 325 g/mol. The number of ether oxygens (including phenoxy) is 1. The van der Waals surface area contributed by atoms with Crippen LogP contribution < -0.4 is 5.32 Å². The molecule has 0 radical (unpaired) electrons. The number of pyridine rings is 1. The number of benzene rings is 1. The number of aliphatic hydroxyl groups is 1. The van der Waals surface area contributed by atoms with Gasteiger partial charge in [0.05, 0.1) is 24.4 Å². The molecule has 1 aromatic heterocycles. The standard InChI is InChI=1S/C18H19N3O3/c1-13(15-5-3-2-4-6-15)24-12-16(22)11-21-18(23)17-8-7-14(9-19)10-20-17/h2-8,10,13,16,22H,11-12H2,1H3,(H,21,23)/t13-,16-/m0/s1. The van der Waals surface area contributed by atoms with Crippen LogP contribution >= 0.6 is 0 Å². The normalized spacial score (nSPS) is 12.9. The summed E-state index contributed by atoms with van der Waals surface area (Å²) in [6, 6.07) is 14.6. The highest BCUT2D eigenvalue weighted by Crippen LogP contribution is 2.15. The van der Waals surface area contributed by atoms with Crippen LogP contribution in [0.1, 0.15) is 34.6 Å². The summed E-state index contributed by atoms with van der Waals surface area (Å²) in [5, 5.41) is 21.2. The Morgan fingerprint density at radius 1 is 1.33 bits per heavy atom. The second-order valence-electron chi connectivity index (χ2n) is 5.29. The van der Waals surface area contributed by atoms with Crippen molar-refractivity contribution in [2.45, 2.75) is 19.1 Å². The molecule has 124 valence electrons. The number of carbonyl (C=O) groups is 1. The van der Waals surface area contributed by atoms with Gasteiger partial charge in [-0.1, -0.05) is 30.3 Å². The molecule has 2 rings (SSSR count). The SMILES string of the molecule is C[C@H](OC[C@@H](O)CNC(=O)c1ccc(C#N)cn1)c1ccccc1. The fraction of sp³-hybridized carbons (Fsp3) is 0.278. The number of rotatable bonds is 7. The molecule has 24 heavy (non-hydrogen) atoms. The van der Waals surface area contributed by atoms with E-state index < -0.39 is 12.0 Å². The van der Waals surface area contributed by atoms with Crippen molar-refractivity contribution in [2.24, 2.45) is 0 Å². The first-order chi connectivity index (χ1) is 11.6. The topological polar surface area (TPSA) is 95.2 Å². The summed E-state index contributed by atoms with van der Waals surface area (Å²) in [5.74, 6) is -0.408. The summed E-state index contributed by atoms with van der Waals surface area (Å²) < 4.78 is 5.61. The Kier molecular flexibility index (Phi) is 6.43. The molecular weight excluding hydrogens is 306 g/mol. The van der Waals surface area contributed by atoms with E-state index in [1.54, 1.807) is 0 Å². The van der Waals surface area contributed by atoms with Crippen molar-refractivity contribution in [2.75, 3.05) is 13.2 Å². The van der Waals surface area contributed by atoms with Crippen molar-refractivity contribution < 1.29 is 14.6 Å². The molecule has 1 amide bonds. The molecule has 2 N–H and O–H groups in total. The maximum Gasteiger partial charge on any atom is 0.269 e. The molecule has 0 aliphatic rings. The molecule has 2 aromatic rings. The zero-order chi connectivity index (χ0) is 17.4. The van der Waals surface area contributed by atoms with E-state index in [1.807, 2.05) is 43.3 Å². The molecule has 2 atom stereocenters. The van der Waals surface area contributed by atoms with Crippen LogP contribution in [0.25, 0.3) is 0 Å². The smallest absolute Gasteiger partial charge is 0.269 e. The lowest BCUT2D eigenvalue weighted by Crippen LogP contribution is -2.35. The van der Waals surface area contributed by atoms with E-state index in [9.17, 15) is 9.90 Å². The Labute approximate surface area is 140 Å². The van der Waals surface area contributed by atoms with Gasteiger partial charge in [0.15, 0.2) is 0 Å². The van der Waals surface area contributed by atoms with Crippen molar-refractivity contribution >= 4 is 5.91 Å². The molecule has 6 heteroatoms. The number of hydrogen-bond donors (Lipinski definition) is 2. The average Bonchev–Trinajstić information content (AvgIpc) is 2.64. The maximum atomic E-state index is 11.9. The quantitative estimate of drug-likeness (QED) is 0.809. The Morgan fingerprint density at radius 3 is 2.71 bits per heavy atom. The van der Waals surface area contributed by atoms with Crippen molar-refractivity contribution in [3.8, 4) is 6.07 Å². The molecule has 0 aliphatic heterocycles. The number of aliphatic hydroxyl groups excluding tert-OH is 1. The van der Waals surface area contributed by atoms with Gasteiger partial charge < -0.3 is 15.2 Å². The lowest BCUT2D eigenvalue weighted by molar-refractivity contribution is -0.00173. The zero-order valence-corrected chi connectivity index (χ0v) is 13.3. The van der Waals surface area contributed by atoms with E-state index in [2.05, 4.69) is 10.3 Å². The van der Waals surface area contributed by atoms with Gasteiger partial charge in [-0.2, -0.15) is 5.26 Å². The lowest BCUT2D eigenvalue weighted by atomic mass is 10.1. The number of nitrogens with one attached hydrogen (secondary N) is 1. The van der Waals surface area contributed by atoms with Crippen LogP contribution in [-0.4, -0.2) is 35.3 Å². The third-order valence-electron chi connectivity index (χ3n) is 3.43. The van der Waals surface area contributed by atoms with Crippen LogP contribution in [-0.2, 0) is 4.74 Å². The lowest BCUT2D eigenvalue weighted by Gasteiger charge is -2.17. The predicted octanol–water partition coefficient (Wildman–Crippen LogP) is 1.82. The number of nitriles is 1. The maximum absolute atomic E-state index is 11.9. The van der Waals surface area contributed by atoms with Crippen LogP contribution in [0.4, 0.5) is 0 Å². The van der Waals surface area contributed by atoms with Gasteiger partial charge in [-0.15, -0.1) is 0 Å². The summed E-state index contributed by atoms with van der Waals surface area (Å²) in [6.07, 6.45) is 0.367. The molecule has 0 aliphatic carbocycles. The monoisotopic (exact) mass is 325 g/mol. The Hall–Kier alpha value is -2.75. The molecule has 0 saturated carbocycles. The van der Waals surface area contributed by atoms with E-state index in [4.69, 9.17) is 10.00 Å². The molecule has 0 unspecified atom stereocenters. The minimum absolute atomic E-state index is 0.0576. The highest BCUT2D eigenvalue weighted by molar-refractivity contribution is 5.92. The molecular formula is C18H19N3O3. The summed E-state index contributed by atoms with van der Waals surface area (Å²) in [5.41, 5.74) is 1.60. The predicted molar refractivity (Wildman–Crippen MR) is 88.1 cm³/mol. The van der Waals surface area contributed by atoms with E-state index in [-0.39, 0.29) is 24.9 Å². The van der Waals surface area contributed by atoms with Gasteiger partial charge in [-0.05, 0) is 24.6 Å². The second kappa shape index (κ2) is 8.77. The number of carbonyl (C=O) groups excluding carboxylic acids is 1. The van der Waals surface area contributed by atoms with E-state index in [1.165, 1.54) is 18.3 Å². The van der Waals surface area contributed by atoms with Crippen LogP contribution in [0.5, 0.6) is 0 Å². The van der Waals surface area contributed by atoms with Crippen LogP contribution in [0.2, 0.25) is 0 Å². The van der Waals surface area contributed by atoms with E-state index in [0.717, 1.165) is 5.56 Å². The van der Waals surface area contributed by atoms with Crippen LogP contribution in [0, 0.1) is 11.3 Å². The summed E-state index contributed by atoms with van der Waals surface area (Å²) in [6.45, 7) is 2.07.